The van der Waals surface area contributed by atoms with Crippen molar-refractivity contribution in [3.05, 3.63) is 48.5 Å². The number of para-hydroxylation sites is 2. The number of nitrogens with one attached hydrogen (secondary N) is 1. The summed E-state index contributed by atoms with van der Waals surface area (Å²) in [5, 5.41) is 2.84. The minimum atomic E-state index is -0.306. The number of halogens is 1. The summed E-state index contributed by atoms with van der Waals surface area (Å²) in [4.78, 5) is 12.1. The summed E-state index contributed by atoms with van der Waals surface area (Å²) in [7, 11) is 1.54. The van der Waals surface area contributed by atoms with Crippen molar-refractivity contribution in [3.8, 4) is 17.2 Å². The fourth-order valence-corrected chi connectivity index (χ4v) is 2.23. The monoisotopic (exact) mass is 380 g/mol. The van der Waals surface area contributed by atoms with E-state index in [0.717, 1.165) is 5.75 Å². The predicted octanol–water partition coefficient (Wildman–Crippen LogP) is 3.60. The maximum Gasteiger partial charge on any atom is 0.227 e. The number of nitrogens with two attached hydrogens (primary N) is 1. The number of benzene rings is 2. The highest BCUT2D eigenvalue weighted by Gasteiger charge is 2.13. The minimum absolute atomic E-state index is 0. The third kappa shape index (κ3) is 6.55. The first-order valence-electron chi connectivity index (χ1n) is 8.18. The van der Waals surface area contributed by atoms with Gasteiger partial charge in [-0.25, -0.2) is 0 Å². The lowest BCUT2D eigenvalue weighted by Crippen LogP contribution is -2.28. The topological polar surface area (TPSA) is 82.8 Å². The van der Waals surface area contributed by atoms with Gasteiger partial charge >= 0.3 is 0 Å². The third-order valence-corrected chi connectivity index (χ3v) is 3.53. The van der Waals surface area contributed by atoms with E-state index >= 15 is 0 Å². The van der Waals surface area contributed by atoms with Crippen LogP contribution in [0.3, 0.4) is 0 Å². The molecule has 0 spiro atoms. The number of hydrogen-bond donors (Lipinski definition) is 2. The summed E-state index contributed by atoms with van der Waals surface area (Å²) in [5.74, 6) is 1.81. The highest BCUT2D eigenvalue weighted by molar-refractivity contribution is 5.92. The molecule has 0 aliphatic rings. The highest BCUT2D eigenvalue weighted by atomic mass is 35.5. The van der Waals surface area contributed by atoms with Gasteiger partial charge in [0.1, 0.15) is 11.5 Å². The van der Waals surface area contributed by atoms with E-state index in [-0.39, 0.29) is 37.4 Å². The molecule has 2 aromatic rings. The molecule has 2 rings (SSSR count). The van der Waals surface area contributed by atoms with E-state index in [1.54, 1.807) is 12.1 Å². The fraction of sp³-hybridized carbons (Fsp3) is 0.316. The van der Waals surface area contributed by atoms with Gasteiger partial charge in [0.15, 0.2) is 5.75 Å². The van der Waals surface area contributed by atoms with Crippen LogP contribution in [0.4, 0.5) is 5.69 Å². The van der Waals surface area contributed by atoms with Crippen LogP contribution in [0.1, 0.15) is 13.3 Å². The van der Waals surface area contributed by atoms with E-state index in [1.807, 2.05) is 43.3 Å². The molecule has 7 heteroatoms. The average molecular weight is 381 g/mol. The summed E-state index contributed by atoms with van der Waals surface area (Å²) >= 11 is 0. The van der Waals surface area contributed by atoms with Crippen LogP contribution in [0.5, 0.6) is 17.2 Å². The molecule has 0 aliphatic heterocycles. The molecular formula is C19H25ClN2O4. The predicted molar refractivity (Wildman–Crippen MR) is 104 cm³/mol. The van der Waals surface area contributed by atoms with Crippen molar-refractivity contribution in [2.45, 2.75) is 19.4 Å². The summed E-state index contributed by atoms with van der Waals surface area (Å²) in [5.41, 5.74) is 6.14. The maximum absolute atomic E-state index is 12.1. The quantitative estimate of drug-likeness (QED) is 0.694. The molecule has 3 N–H and O–H groups in total. The number of ether oxygens (including phenoxy) is 3. The molecule has 1 amide bonds. The van der Waals surface area contributed by atoms with Crippen LogP contribution in [0, 0.1) is 0 Å². The Labute approximate surface area is 160 Å². The van der Waals surface area contributed by atoms with Crippen LogP contribution < -0.4 is 20.5 Å². The second-order valence-corrected chi connectivity index (χ2v) is 5.35. The van der Waals surface area contributed by atoms with Gasteiger partial charge in [-0.3, -0.25) is 4.79 Å². The van der Waals surface area contributed by atoms with Crippen LogP contribution in [0.15, 0.2) is 48.5 Å². The molecule has 2 aromatic carbocycles. The van der Waals surface area contributed by atoms with Crippen molar-refractivity contribution in [2.75, 3.05) is 25.6 Å². The molecule has 0 aliphatic carbocycles. The Kier molecular flexibility index (Phi) is 9.51. The van der Waals surface area contributed by atoms with Crippen molar-refractivity contribution in [1.82, 2.24) is 0 Å². The molecule has 1 atom stereocenters. The first-order chi connectivity index (χ1) is 12.2. The molecule has 1 unspecified atom stereocenters. The number of anilines is 1. The van der Waals surface area contributed by atoms with E-state index in [4.69, 9.17) is 19.9 Å². The van der Waals surface area contributed by atoms with Gasteiger partial charge in [0, 0.05) is 13.7 Å². The maximum atomic E-state index is 12.1. The highest BCUT2D eigenvalue weighted by Crippen LogP contribution is 2.30. The molecular weight excluding hydrogens is 356 g/mol. The Morgan fingerprint density at radius 3 is 2.38 bits per heavy atom. The Balaban J connectivity index is 0.00000338. The van der Waals surface area contributed by atoms with E-state index in [9.17, 15) is 4.79 Å². The average Bonchev–Trinajstić information content (AvgIpc) is 2.63. The molecule has 0 heterocycles. The van der Waals surface area contributed by atoms with Crippen LogP contribution in [-0.2, 0) is 9.53 Å². The van der Waals surface area contributed by atoms with Crippen LogP contribution in [-0.4, -0.2) is 32.3 Å². The zero-order chi connectivity index (χ0) is 18.1. The second-order valence-electron chi connectivity index (χ2n) is 5.35. The molecule has 0 radical (unpaired) electrons. The number of carbonyl (C=O) groups is 1. The summed E-state index contributed by atoms with van der Waals surface area (Å²) in [6.07, 6.45) is -0.121. The van der Waals surface area contributed by atoms with Crippen molar-refractivity contribution < 1.29 is 19.0 Å². The van der Waals surface area contributed by atoms with Crippen LogP contribution in [0.25, 0.3) is 0 Å². The van der Waals surface area contributed by atoms with Crippen LogP contribution in [0.2, 0.25) is 0 Å². The normalized spacial score (nSPS) is 11.2. The van der Waals surface area contributed by atoms with Crippen molar-refractivity contribution in [3.63, 3.8) is 0 Å². The molecule has 0 saturated carbocycles. The molecule has 0 bridgehead atoms. The minimum Gasteiger partial charge on any atom is -0.494 e. The van der Waals surface area contributed by atoms with Crippen molar-refractivity contribution in [1.29, 1.82) is 0 Å². The van der Waals surface area contributed by atoms with Crippen molar-refractivity contribution in [2.24, 2.45) is 5.73 Å². The van der Waals surface area contributed by atoms with Gasteiger partial charge in [-0.1, -0.05) is 12.1 Å². The van der Waals surface area contributed by atoms with Gasteiger partial charge in [0.05, 0.1) is 24.8 Å². The Hall–Kier alpha value is -2.28. The number of amides is 1. The lowest BCUT2D eigenvalue weighted by atomic mass is 10.2. The first kappa shape index (κ1) is 21.8. The number of hydrogen-bond acceptors (Lipinski definition) is 5. The Morgan fingerprint density at radius 1 is 1.12 bits per heavy atom. The zero-order valence-electron chi connectivity index (χ0n) is 14.9. The smallest absolute Gasteiger partial charge is 0.227 e. The SMILES string of the molecule is CCOc1ccc(Oc2ccccc2NC(=O)CC(CN)OC)cc1.Cl. The summed E-state index contributed by atoms with van der Waals surface area (Å²) in [6, 6.07) is 14.6. The number of rotatable bonds is 9. The lowest BCUT2D eigenvalue weighted by Gasteiger charge is -2.15. The Morgan fingerprint density at radius 2 is 1.77 bits per heavy atom. The molecule has 26 heavy (non-hydrogen) atoms. The van der Waals surface area contributed by atoms with Gasteiger partial charge in [0.2, 0.25) is 5.91 Å². The summed E-state index contributed by atoms with van der Waals surface area (Å²) in [6.45, 7) is 2.83. The van der Waals surface area contributed by atoms with Gasteiger partial charge in [-0.2, -0.15) is 0 Å². The molecule has 0 fully saturated rings. The van der Waals surface area contributed by atoms with E-state index in [2.05, 4.69) is 5.32 Å². The largest absolute Gasteiger partial charge is 0.494 e. The van der Waals surface area contributed by atoms with E-state index in [1.165, 1.54) is 7.11 Å². The number of methoxy groups -OCH3 is 1. The number of carbonyl (C=O) groups excluding carboxylic acids is 1. The van der Waals surface area contributed by atoms with Crippen LogP contribution >= 0.6 is 12.4 Å². The molecule has 6 nitrogen and oxygen atoms in total. The summed E-state index contributed by atoms with van der Waals surface area (Å²) < 4.78 is 16.4. The fourth-order valence-electron chi connectivity index (χ4n) is 2.23. The zero-order valence-corrected chi connectivity index (χ0v) is 15.8. The van der Waals surface area contributed by atoms with Gasteiger partial charge < -0.3 is 25.3 Å². The van der Waals surface area contributed by atoms with E-state index in [0.29, 0.717) is 23.8 Å². The standard InChI is InChI=1S/C19H24N2O4.ClH/c1-3-24-14-8-10-15(11-9-14)25-18-7-5-4-6-17(18)21-19(22)12-16(13-20)23-2;/h4-11,16H,3,12-13,20H2,1-2H3,(H,21,22);1H. The van der Waals surface area contributed by atoms with Gasteiger partial charge in [-0.15, -0.1) is 12.4 Å². The molecule has 142 valence electrons. The van der Waals surface area contributed by atoms with Crippen molar-refractivity contribution >= 4 is 24.0 Å². The first-order valence-corrected chi connectivity index (χ1v) is 8.18. The van der Waals surface area contributed by atoms with E-state index < -0.39 is 0 Å². The second kappa shape index (κ2) is 11.4. The molecule has 0 saturated heterocycles. The Bertz CT molecular complexity index is 675. The lowest BCUT2D eigenvalue weighted by molar-refractivity contribution is -0.118. The van der Waals surface area contributed by atoms with Gasteiger partial charge in [0.25, 0.3) is 0 Å². The molecule has 0 aromatic heterocycles. The third-order valence-electron chi connectivity index (χ3n) is 3.53. The van der Waals surface area contributed by atoms with Gasteiger partial charge in [-0.05, 0) is 43.3 Å².